The summed E-state index contributed by atoms with van der Waals surface area (Å²) in [4.78, 5) is 10.7. The number of carboxylic acid groups (broad SMARTS) is 1. The highest BCUT2D eigenvalue weighted by Gasteiger charge is 2.31. The van der Waals surface area contributed by atoms with Crippen molar-refractivity contribution in [2.75, 3.05) is 21.1 Å². The second kappa shape index (κ2) is 4.00. The smallest absolute Gasteiger partial charge is 0.360 e. The lowest BCUT2D eigenvalue weighted by Gasteiger charge is -2.30. The van der Waals surface area contributed by atoms with Crippen LogP contribution in [-0.2, 0) is 8.91 Å². The fraction of sp³-hybridized carbons (Fsp3) is 0.800. The molecule has 0 radical (unpaired) electrons. The summed E-state index contributed by atoms with van der Waals surface area (Å²) in [5.41, 5.74) is -0.313. The average Bonchev–Trinajstić information content (AvgIpc) is 1.79. The monoisotopic (exact) mass is 194 g/mol. The van der Waals surface area contributed by atoms with Gasteiger partial charge in [-0.1, -0.05) is 0 Å². The van der Waals surface area contributed by atoms with Crippen molar-refractivity contribution in [2.24, 2.45) is 0 Å². The third kappa shape index (κ3) is 3.66. The van der Waals surface area contributed by atoms with E-state index in [9.17, 15) is 4.79 Å². The lowest BCUT2D eigenvalue weighted by molar-refractivity contribution is -0.875. The van der Waals surface area contributed by atoms with Crippen molar-refractivity contribution in [2.45, 2.75) is 5.67 Å². The maximum absolute atomic E-state index is 10.7. The van der Waals surface area contributed by atoms with E-state index in [1.54, 1.807) is 0 Å². The molecule has 0 rings (SSSR count). The third-order valence-corrected chi connectivity index (χ3v) is 4.64. The Morgan fingerprint density at radius 3 is 2.18 bits per heavy atom. The molecule has 66 valence electrons. The molecule has 11 heavy (non-hydrogen) atoms. The Balaban J connectivity index is 4.22. The maximum Gasteiger partial charge on any atom is 0.360 e. The van der Waals surface area contributed by atoms with Crippen LogP contribution in [0.5, 0.6) is 0 Å². The van der Waals surface area contributed by atoms with Gasteiger partial charge in [0.05, 0.1) is 21.1 Å². The van der Waals surface area contributed by atoms with Gasteiger partial charge in [0.1, 0.15) is 10.5 Å². The van der Waals surface area contributed by atoms with Gasteiger partial charge in [-0.3, -0.25) is 0 Å². The zero-order valence-corrected chi connectivity index (χ0v) is 10.9. The van der Waals surface area contributed by atoms with Crippen molar-refractivity contribution in [3.8, 4) is 0 Å². The molecule has 0 spiro atoms. The van der Waals surface area contributed by atoms with Crippen molar-refractivity contribution in [1.29, 1.82) is 0 Å². The Hall–Kier alpha value is -0.176. The van der Waals surface area contributed by atoms with E-state index >= 15 is 0 Å². The highest BCUT2D eigenvalue weighted by atomic mass is 28.3. The third-order valence-electron chi connectivity index (χ3n) is 1.54. The van der Waals surface area contributed by atoms with Gasteiger partial charge in [0.2, 0.25) is 9.76 Å². The molecule has 0 aromatic heterocycles. The van der Waals surface area contributed by atoms with Crippen molar-refractivity contribution >= 4 is 26.2 Å². The lowest BCUT2D eigenvalue weighted by atomic mass is 10.5. The number of carboxylic acids is 1. The summed E-state index contributed by atoms with van der Waals surface area (Å²) in [5, 5.41) is 8.79. The summed E-state index contributed by atoms with van der Waals surface area (Å²) in [6.45, 7) is 0. The van der Waals surface area contributed by atoms with E-state index in [1.807, 2.05) is 21.1 Å². The normalized spacial score (nSPS) is 15.9. The van der Waals surface area contributed by atoms with Gasteiger partial charge in [0, 0.05) is 0 Å². The quantitative estimate of drug-likeness (QED) is 0.397. The van der Waals surface area contributed by atoms with Crippen LogP contribution in [0.15, 0.2) is 0 Å². The van der Waals surface area contributed by atoms with Crippen molar-refractivity contribution in [1.82, 2.24) is 0 Å². The fourth-order valence-corrected chi connectivity index (χ4v) is 2.64. The number of likely N-dealkylation sites (N-methyl/N-ethyl adjacent to an activating group) is 1. The Bertz CT molecular complexity index is 145. The first-order valence-electron chi connectivity index (χ1n) is 3.42. The van der Waals surface area contributed by atoms with Crippen LogP contribution in [0.2, 0.25) is 0 Å². The Morgan fingerprint density at radius 2 is 2.09 bits per heavy atom. The van der Waals surface area contributed by atoms with Crippen LogP contribution in [0.3, 0.4) is 0 Å². The van der Waals surface area contributed by atoms with E-state index < -0.39 is 15.7 Å². The zero-order valence-electron chi connectivity index (χ0n) is 7.50. The molecule has 0 amide bonds. The van der Waals surface area contributed by atoms with Gasteiger partial charge in [-0.15, -0.1) is 0 Å². The lowest BCUT2D eigenvalue weighted by Crippen LogP contribution is -2.53. The van der Waals surface area contributed by atoms with Gasteiger partial charge < -0.3 is 13.7 Å². The van der Waals surface area contributed by atoms with Crippen LogP contribution < -0.4 is 0 Å². The number of quaternary nitrogens is 1. The van der Waals surface area contributed by atoms with E-state index in [0.717, 1.165) is 0 Å². The number of aliphatic carboxylic acids is 1. The molecule has 0 aliphatic heterocycles. The van der Waals surface area contributed by atoms with Crippen LogP contribution in [0.1, 0.15) is 0 Å². The summed E-state index contributed by atoms with van der Waals surface area (Å²) < 4.78 is 5.54. The second-order valence-corrected chi connectivity index (χ2v) is 6.84. The van der Waals surface area contributed by atoms with Gasteiger partial charge in [0.25, 0.3) is 0 Å². The van der Waals surface area contributed by atoms with Gasteiger partial charge in [0.15, 0.2) is 5.67 Å². The molecule has 1 atom stereocenters. The molecule has 0 aliphatic carbocycles. The molecule has 0 heterocycles. The van der Waals surface area contributed by atoms with E-state index in [1.165, 1.54) is 0 Å². The second-order valence-electron chi connectivity index (χ2n) is 3.43. The standard InChI is InChI=1S/C5H15NO3Si2/c1-6(2,3)4(5(7)8)11-9-10/h4H,11H2,1-3,10H3/p+1. The predicted molar refractivity (Wildman–Crippen MR) is 49.0 cm³/mol. The molecule has 0 saturated heterocycles. The fourth-order valence-electron chi connectivity index (χ4n) is 0.784. The number of nitrogens with zero attached hydrogens (tertiary/aromatic N) is 1. The highest BCUT2D eigenvalue weighted by molar-refractivity contribution is 6.40. The first-order valence-corrected chi connectivity index (χ1v) is 5.63. The van der Waals surface area contributed by atoms with E-state index in [-0.39, 0.29) is 5.67 Å². The molecule has 1 unspecified atom stereocenters. The summed E-state index contributed by atoms with van der Waals surface area (Å²) in [6.07, 6.45) is 0. The molecule has 0 aliphatic rings. The Kier molecular flexibility index (Phi) is 3.94. The number of hydrogen-bond acceptors (Lipinski definition) is 2. The largest absolute Gasteiger partial charge is 0.477 e. The molecule has 4 nitrogen and oxygen atoms in total. The topological polar surface area (TPSA) is 46.5 Å². The van der Waals surface area contributed by atoms with Crippen LogP contribution in [0.25, 0.3) is 0 Å². The van der Waals surface area contributed by atoms with Crippen LogP contribution in [0, 0.1) is 0 Å². The minimum absolute atomic E-state index is 0.313. The summed E-state index contributed by atoms with van der Waals surface area (Å²) >= 11 is 0. The predicted octanol–water partition coefficient (Wildman–Crippen LogP) is -2.52. The first kappa shape index (κ1) is 10.8. The Labute approximate surface area is 72.2 Å². The molecule has 6 heteroatoms. The minimum atomic E-state index is -0.882. The van der Waals surface area contributed by atoms with Crippen molar-refractivity contribution < 1.29 is 18.5 Å². The number of rotatable bonds is 4. The molecule has 0 saturated carbocycles. The minimum Gasteiger partial charge on any atom is -0.477 e. The summed E-state index contributed by atoms with van der Waals surface area (Å²) in [7, 11) is 5.42. The molecule has 0 fully saturated rings. The van der Waals surface area contributed by atoms with Gasteiger partial charge in [-0.25, -0.2) is 4.79 Å². The highest BCUT2D eigenvalue weighted by Crippen LogP contribution is 2.01. The maximum atomic E-state index is 10.7. The number of carbonyl (C=O) groups is 1. The van der Waals surface area contributed by atoms with Crippen molar-refractivity contribution in [3.05, 3.63) is 0 Å². The van der Waals surface area contributed by atoms with Crippen molar-refractivity contribution in [3.63, 3.8) is 0 Å². The molecule has 0 aromatic rings. The Morgan fingerprint density at radius 1 is 1.64 bits per heavy atom. The number of hydrogen-bond donors (Lipinski definition) is 1. The molecule has 0 bridgehead atoms. The van der Waals surface area contributed by atoms with E-state index in [2.05, 4.69) is 0 Å². The van der Waals surface area contributed by atoms with Crippen LogP contribution in [-0.4, -0.2) is 62.6 Å². The summed E-state index contributed by atoms with van der Waals surface area (Å²) in [6, 6.07) is 0. The van der Waals surface area contributed by atoms with E-state index in [4.69, 9.17) is 9.22 Å². The zero-order chi connectivity index (χ0) is 9.07. The summed E-state index contributed by atoms with van der Waals surface area (Å²) in [5.74, 6) is -0.736. The van der Waals surface area contributed by atoms with Crippen LogP contribution >= 0.6 is 0 Å². The first-order chi connectivity index (χ1) is 4.89. The van der Waals surface area contributed by atoms with E-state index in [0.29, 0.717) is 15.0 Å². The molecular formula is C5H16NO3Si2+. The molecule has 1 N–H and O–H groups in total. The average molecular weight is 194 g/mol. The van der Waals surface area contributed by atoms with Gasteiger partial charge in [-0.2, -0.15) is 0 Å². The van der Waals surface area contributed by atoms with Gasteiger partial charge in [-0.05, 0) is 0 Å². The van der Waals surface area contributed by atoms with Crippen LogP contribution in [0.4, 0.5) is 0 Å². The van der Waals surface area contributed by atoms with Gasteiger partial charge >= 0.3 is 5.97 Å². The molecule has 0 aromatic carbocycles. The SMILES string of the molecule is C[N+](C)(C)C([SiH2]O[SiH3])C(=O)O. The molecular weight excluding hydrogens is 178 g/mol.